The maximum Gasteiger partial charge on any atom is 0.355 e. The Kier molecular flexibility index (Phi) is 14.1. The Morgan fingerprint density at radius 2 is 1.58 bits per heavy atom. The fraction of sp³-hybridized carbons (Fsp3) is 0.211. The number of phenolic OH excluding ortho intramolecular Hbond substituents is 1. The van der Waals surface area contributed by atoms with Crippen LogP contribution in [0.3, 0.4) is 0 Å². The van der Waals surface area contributed by atoms with E-state index in [0.717, 1.165) is 21.7 Å². The first kappa shape index (κ1) is 43.1. The van der Waals surface area contributed by atoms with E-state index in [1.165, 1.54) is 12.1 Å². The molecule has 298 valence electrons. The SMILES string of the molecule is CC1=C(CC(=O)OC(COCCCO[N+](=O)[O-])C(=O)Oc2ccc(P3(=S)SP(=S)(c4ccc(O)cc4)S3)cc2)c2cc(F)ccc2/C1=C\c1ccc([S+](C)[O-])cc1. The zero-order chi connectivity index (χ0) is 40.9. The molecule has 0 bridgehead atoms. The number of ether oxygens (including phenoxy) is 3. The van der Waals surface area contributed by atoms with E-state index in [1.54, 1.807) is 82.9 Å². The van der Waals surface area contributed by atoms with Gasteiger partial charge >= 0.3 is 11.9 Å². The second-order valence-electron chi connectivity index (χ2n) is 12.6. The highest BCUT2D eigenvalue weighted by Gasteiger charge is 2.46. The van der Waals surface area contributed by atoms with Crippen molar-refractivity contribution in [3.63, 3.8) is 0 Å². The summed E-state index contributed by atoms with van der Waals surface area (Å²) in [5, 5.41) is 21.1. The van der Waals surface area contributed by atoms with Gasteiger partial charge in [0.15, 0.2) is 4.90 Å². The van der Waals surface area contributed by atoms with E-state index in [4.69, 9.17) is 37.8 Å². The largest absolute Gasteiger partial charge is 0.612 e. The highest BCUT2D eigenvalue weighted by atomic mass is 33.7. The van der Waals surface area contributed by atoms with E-state index in [0.29, 0.717) is 27.2 Å². The molecule has 11 nitrogen and oxygen atoms in total. The Bertz CT molecular complexity index is 2330. The first-order valence-corrected chi connectivity index (χ1v) is 28.3. The van der Waals surface area contributed by atoms with Gasteiger partial charge in [-0.1, -0.05) is 51.7 Å². The molecule has 1 heterocycles. The van der Waals surface area contributed by atoms with Crippen LogP contribution < -0.4 is 15.3 Å². The van der Waals surface area contributed by atoms with Crippen LogP contribution in [0.2, 0.25) is 0 Å². The summed E-state index contributed by atoms with van der Waals surface area (Å²) in [6.45, 7) is 1.13. The van der Waals surface area contributed by atoms with Gasteiger partial charge in [0.2, 0.25) is 6.10 Å². The van der Waals surface area contributed by atoms with Crippen LogP contribution in [-0.2, 0) is 58.7 Å². The number of hydrogen-bond donors (Lipinski definition) is 1. The minimum atomic E-state index is -2.12. The molecule has 19 heteroatoms. The quantitative estimate of drug-likeness (QED) is 0.0218. The lowest BCUT2D eigenvalue weighted by molar-refractivity contribution is -0.757. The summed E-state index contributed by atoms with van der Waals surface area (Å²) < 4.78 is 39.1. The number of aromatic hydroxyl groups is 1. The minimum Gasteiger partial charge on any atom is -0.612 e. The average Bonchev–Trinajstić information content (AvgIpc) is 3.40. The van der Waals surface area contributed by atoms with Crippen molar-refractivity contribution in [2.45, 2.75) is 30.8 Å². The normalized spacial score (nSPS) is 20.3. The Hall–Kier alpha value is -3.50. The molecule has 1 aliphatic heterocycles. The van der Waals surface area contributed by atoms with Crippen molar-refractivity contribution < 1.29 is 47.8 Å². The molecule has 1 fully saturated rings. The number of rotatable bonds is 16. The van der Waals surface area contributed by atoms with Crippen LogP contribution in [0, 0.1) is 15.9 Å². The van der Waals surface area contributed by atoms with Gasteiger partial charge in [-0.3, -0.25) is 4.79 Å². The third-order valence-electron chi connectivity index (χ3n) is 8.70. The standard InChI is InChI=1S/C38H34FNO10P2S5/c1-24-33(20-25-4-15-31(16-5-25)57(2)46)32-17-6-26(39)21-35(32)34(24)22-37(42)50-36(23-47-18-3-19-48-40(44)45)38(43)49-28-9-13-30(14-10-28)52(54)55-51(53,56-52)29-11-7-27(41)8-12-29/h4-17,20-21,36,41H,3,18-19,22-23H2,1-2H3/b33-20-. The third kappa shape index (κ3) is 10.6. The van der Waals surface area contributed by atoms with Crippen molar-refractivity contribution in [1.82, 2.24) is 0 Å². The van der Waals surface area contributed by atoms with Gasteiger partial charge in [-0.05, 0) is 149 Å². The molecule has 0 radical (unpaired) electrons. The van der Waals surface area contributed by atoms with E-state index in [1.807, 2.05) is 37.3 Å². The van der Waals surface area contributed by atoms with Crippen LogP contribution in [0.1, 0.15) is 36.5 Å². The zero-order valence-electron chi connectivity index (χ0n) is 30.2. The van der Waals surface area contributed by atoms with Crippen molar-refractivity contribution in [2.24, 2.45) is 0 Å². The van der Waals surface area contributed by atoms with Crippen LogP contribution >= 0.6 is 30.9 Å². The van der Waals surface area contributed by atoms with Gasteiger partial charge in [-0.25, -0.2) is 9.18 Å². The molecule has 0 spiro atoms. The number of hydrogen-bond acceptors (Lipinski definition) is 14. The van der Waals surface area contributed by atoms with E-state index in [9.17, 15) is 33.8 Å². The average molecular weight is 906 g/mol. The topological polar surface area (TPSA) is 157 Å². The molecule has 1 N–H and O–H groups in total. The summed E-state index contributed by atoms with van der Waals surface area (Å²) in [4.78, 5) is 42.5. The third-order valence-corrected chi connectivity index (χ3v) is 40.9. The molecule has 1 aliphatic carbocycles. The van der Waals surface area contributed by atoms with Crippen molar-refractivity contribution in [3.05, 3.63) is 129 Å². The number of allylic oxidation sites excluding steroid dienone is 2. The molecular weight excluding hydrogens is 872 g/mol. The predicted octanol–water partition coefficient (Wildman–Crippen LogP) is 8.17. The summed E-state index contributed by atoms with van der Waals surface area (Å²) in [5.41, 5.74) is 4.01. The Balaban J connectivity index is 1.15. The number of fused-ring (bicyclic) bond motifs is 1. The van der Waals surface area contributed by atoms with Crippen LogP contribution in [0.25, 0.3) is 17.2 Å². The van der Waals surface area contributed by atoms with E-state index in [-0.39, 0.29) is 37.6 Å². The number of carbonyl (C=O) groups is 2. The van der Waals surface area contributed by atoms with Crippen LogP contribution in [-0.4, -0.2) is 58.9 Å². The first-order valence-electron chi connectivity index (χ1n) is 17.1. The number of phenols is 1. The van der Waals surface area contributed by atoms with Crippen molar-refractivity contribution in [1.29, 1.82) is 0 Å². The van der Waals surface area contributed by atoms with Crippen LogP contribution in [0.15, 0.2) is 101 Å². The summed E-state index contributed by atoms with van der Waals surface area (Å²) in [7, 11) is 0. The smallest absolute Gasteiger partial charge is 0.355 e. The summed E-state index contributed by atoms with van der Waals surface area (Å²) in [6, 6.07) is 25.1. The molecule has 0 amide bonds. The number of nitrogens with zero attached hydrogens (tertiary/aromatic N) is 1. The molecular formula is C38H34FNO10P2S5. The fourth-order valence-electron chi connectivity index (χ4n) is 5.88. The summed E-state index contributed by atoms with van der Waals surface area (Å²) >= 11 is 14.1. The Morgan fingerprint density at radius 3 is 2.19 bits per heavy atom. The lowest BCUT2D eigenvalue weighted by Gasteiger charge is -2.40. The molecule has 0 aromatic heterocycles. The molecule has 2 unspecified atom stereocenters. The maximum atomic E-state index is 14.6. The highest BCUT2D eigenvalue weighted by molar-refractivity contribution is 9.48. The molecule has 0 saturated carbocycles. The lowest BCUT2D eigenvalue weighted by Crippen LogP contribution is -2.35. The van der Waals surface area contributed by atoms with E-state index >= 15 is 0 Å². The van der Waals surface area contributed by atoms with Gasteiger partial charge in [0.1, 0.15) is 23.6 Å². The van der Waals surface area contributed by atoms with Gasteiger partial charge in [0.25, 0.3) is 5.09 Å². The molecule has 6 rings (SSSR count). The van der Waals surface area contributed by atoms with Gasteiger partial charge in [0, 0.05) is 17.2 Å². The van der Waals surface area contributed by atoms with E-state index < -0.39 is 55.6 Å². The van der Waals surface area contributed by atoms with Crippen LogP contribution in [0.5, 0.6) is 11.5 Å². The predicted molar refractivity (Wildman–Crippen MR) is 232 cm³/mol. The van der Waals surface area contributed by atoms with Crippen molar-refractivity contribution in [2.75, 3.05) is 26.1 Å². The molecule has 2 aliphatic rings. The van der Waals surface area contributed by atoms with Gasteiger partial charge in [0.05, 0.1) is 28.5 Å². The van der Waals surface area contributed by atoms with Gasteiger partial charge in [-0.15, -0.1) is 10.1 Å². The summed E-state index contributed by atoms with van der Waals surface area (Å²) in [5.74, 6) is -1.88. The number of carbonyl (C=O) groups excluding carboxylic acids is 2. The van der Waals surface area contributed by atoms with Gasteiger partial charge < -0.3 is 28.7 Å². The Morgan fingerprint density at radius 1 is 0.947 bits per heavy atom. The minimum absolute atomic E-state index is 0.0405. The number of benzene rings is 4. The first-order chi connectivity index (χ1) is 27.1. The number of esters is 2. The van der Waals surface area contributed by atoms with Crippen LogP contribution in [0.4, 0.5) is 4.39 Å². The molecule has 4 aromatic rings. The maximum absolute atomic E-state index is 14.6. The Labute approximate surface area is 348 Å². The monoisotopic (exact) mass is 905 g/mol. The second-order valence-corrected chi connectivity index (χ2v) is 35.3. The zero-order valence-corrected chi connectivity index (χ0v) is 36.1. The molecule has 4 aromatic carbocycles. The fourth-order valence-corrected chi connectivity index (χ4v) is 48.7. The summed E-state index contributed by atoms with van der Waals surface area (Å²) in [6.07, 6.45) is 1.79. The van der Waals surface area contributed by atoms with Gasteiger partial charge in [-0.2, -0.15) is 0 Å². The van der Waals surface area contributed by atoms with E-state index in [2.05, 4.69) is 4.84 Å². The molecule has 2 atom stereocenters. The lowest BCUT2D eigenvalue weighted by atomic mass is 10.0. The molecule has 57 heavy (non-hydrogen) atoms. The highest BCUT2D eigenvalue weighted by Crippen LogP contribution is 3.04. The molecule has 1 saturated heterocycles. The second kappa shape index (κ2) is 18.6. The van der Waals surface area contributed by atoms with Crippen molar-refractivity contribution >= 4 is 105 Å². The van der Waals surface area contributed by atoms with Crippen molar-refractivity contribution in [3.8, 4) is 11.5 Å². The number of halogens is 1.